The van der Waals surface area contributed by atoms with E-state index >= 15 is 0 Å². The number of methoxy groups -OCH3 is 1. The molecule has 10 atom stereocenters. The summed E-state index contributed by atoms with van der Waals surface area (Å²) in [5, 5.41) is 68.6. The zero-order valence-electron chi connectivity index (χ0n) is 13.3. The van der Waals surface area contributed by atoms with E-state index in [1.54, 1.807) is 0 Å². The van der Waals surface area contributed by atoms with Gasteiger partial charge in [-0.1, -0.05) is 0 Å². The zero-order chi connectivity index (χ0) is 18.0. The standard InChI is InChI=1S/C14H26O10/c1-22-14-13(21)9(17)5(7(3-15)24-14)2-6-10(18)12(20)11(19)8(4-16)23-6/h5-21H,2-4H2,1H3/t5-,6+,7-,8-,9+,10+,11+,12-,13-,14+/m1/s1. The van der Waals surface area contributed by atoms with Gasteiger partial charge in [-0.3, -0.25) is 0 Å². The van der Waals surface area contributed by atoms with Crippen molar-refractivity contribution in [2.24, 2.45) is 5.92 Å². The molecule has 2 aliphatic heterocycles. The van der Waals surface area contributed by atoms with Gasteiger partial charge >= 0.3 is 0 Å². The van der Waals surface area contributed by atoms with Crippen molar-refractivity contribution in [3.8, 4) is 0 Å². The van der Waals surface area contributed by atoms with Crippen LogP contribution in [0.15, 0.2) is 0 Å². The van der Waals surface area contributed by atoms with Gasteiger partial charge in [0.1, 0.15) is 30.5 Å². The van der Waals surface area contributed by atoms with Crippen molar-refractivity contribution in [3.05, 3.63) is 0 Å². The van der Waals surface area contributed by atoms with Crippen molar-refractivity contribution < 1.29 is 50.0 Å². The van der Waals surface area contributed by atoms with Crippen LogP contribution in [0.3, 0.4) is 0 Å². The highest BCUT2D eigenvalue weighted by Crippen LogP contribution is 2.33. The third-order valence-corrected chi connectivity index (χ3v) is 4.76. The lowest BCUT2D eigenvalue weighted by molar-refractivity contribution is -0.293. The Labute approximate surface area is 138 Å². The van der Waals surface area contributed by atoms with Crippen LogP contribution in [-0.2, 0) is 14.2 Å². The minimum atomic E-state index is -1.54. The van der Waals surface area contributed by atoms with Gasteiger partial charge in [-0.05, 0) is 6.42 Å². The molecule has 2 saturated heterocycles. The van der Waals surface area contributed by atoms with Crippen LogP contribution in [0, 0.1) is 5.92 Å². The molecule has 0 bridgehead atoms. The third-order valence-electron chi connectivity index (χ3n) is 4.76. The van der Waals surface area contributed by atoms with Crippen molar-refractivity contribution in [1.29, 1.82) is 0 Å². The van der Waals surface area contributed by atoms with Crippen LogP contribution in [0.25, 0.3) is 0 Å². The van der Waals surface area contributed by atoms with Gasteiger partial charge in [0.05, 0.1) is 31.5 Å². The Balaban J connectivity index is 2.12. The van der Waals surface area contributed by atoms with E-state index in [4.69, 9.17) is 14.2 Å². The summed E-state index contributed by atoms with van der Waals surface area (Å²) in [5.74, 6) is -0.821. The SMILES string of the molecule is CO[C@H]1O[C@H](CO)[C@@H](C[C@@H]2O[C@H](CO)[C@H](O)[C@H](O)[C@H]2O)[C@H](O)[C@H]1O. The summed E-state index contributed by atoms with van der Waals surface area (Å²) < 4.78 is 15.7. The summed E-state index contributed by atoms with van der Waals surface area (Å²) in [6.45, 7) is -1.03. The van der Waals surface area contributed by atoms with Crippen LogP contribution < -0.4 is 0 Å². The number of hydrogen-bond acceptors (Lipinski definition) is 10. The molecule has 0 aromatic heterocycles. The maximum atomic E-state index is 10.3. The summed E-state index contributed by atoms with van der Waals surface area (Å²) in [7, 11) is 1.28. The minimum Gasteiger partial charge on any atom is -0.394 e. The van der Waals surface area contributed by atoms with Gasteiger partial charge in [-0.2, -0.15) is 0 Å². The number of aliphatic hydroxyl groups is 7. The summed E-state index contributed by atoms with van der Waals surface area (Å²) in [4.78, 5) is 0. The molecule has 0 spiro atoms. The largest absolute Gasteiger partial charge is 0.394 e. The second kappa shape index (κ2) is 8.32. The van der Waals surface area contributed by atoms with Gasteiger partial charge in [0.2, 0.25) is 0 Å². The second-order valence-electron chi connectivity index (χ2n) is 6.21. The monoisotopic (exact) mass is 354 g/mol. The van der Waals surface area contributed by atoms with Crippen LogP contribution in [0.2, 0.25) is 0 Å². The van der Waals surface area contributed by atoms with Crippen molar-refractivity contribution in [2.75, 3.05) is 20.3 Å². The number of ether oxygens (including phenoxy) is 3. The Morgan fingerprint density at radius 3 is 1.83 bits per heavy atom. The Bertz CT molecular complexity index is 392. The molecule has 2 fully saturated rings. The number of hydrogen-bond donors (Lipinski definition) is 7. The van der Waals surface area contributed by atoms with E-state index in [0.717, 1.165) is 0 Å². The van der Waals surface area contributed by atoms with Crippen LogP contribution in [0.5, 0.6) is 0 Å². The van der Waals surface area contributed by atoms with E-state index in [1.807, 2.05) is 0 Å². The fraction of sp³-hybridized carbons (Fsp3) is 1.00. The molecule has 2 aliphatic rings. The maximum Gasteiger partial charge on any atom is 0.186 e. The molecule has 0 aromatic rings. The molecule has 10 nitrogen and oxygen atoms in total. The Morgan fingerprint density at radius 1 is 0.708 bits per heavy atom. The second-order valence-corrected chi connectivity index (χ2v) is 6.21. The molecule has 0 amide bonds. The summed E-state index contributed by atoms with van der Waals surface area (Å²) in [5.41, 5.74) is 0. The molecular weight excluding hydrogens is 328 g/mol. The predicted molar refractivity (Wildman–Crippen MR) is 76.6 cm³/mol. The van der Waals surface area contributed by atoms with Gasteiger partial charge in [0.15, 0.2) is 6.29 Å². The molecule has 10 heteroatoms. The molecule has 7 N–H and O–H groups in total. The first kappa shape index (κ1) is 19.9. The Hall–Kier alpha value is -0.400. The topological polar surface area (TPSA) is 169 Å². The lowest BCUT2D eigenvalue weighted by Crippen LogP contribution is -2.61. The Morgan fingerprint density at radius 2 is 1.29 bits per heavy atom. The van der Waals surface area contributed by atoms with E-state index in [9.17, 15) is 35.7 Å². The molecule has 2 heterocycles. The molecule has 0 unspecified atom stereocenters. The predicted octanol–water partition coefficient (Wildman–Crippen LogP) is -4.08. The average Bonchev–Trinajstić information content (AvgIpc) is 2.59. The first-order chi connectivity index (χ1) is 11.3. The van der Waals surface area contributed by atoms with Gasteiger partial charge < -0.3 is 50.0 Å². The average molecular weight is 354 g/mol. The summed E-state index contributed by atoms with van der Waals surface area (Å²) in [6.07, 6.45) is -11.4. The lowest BCUT2D eigenvalue weighted by atomic mass is 9.81. The first-order valence-electron chi connectivity index (χ1n) is 7.81. The summed E-state index contributed by atoms with van der Waals surface area (Å²) in [6, 6.07) is 0. The van der Waals surface area contributed by atoms with E-state index in [2.05, 4.69) is 0 Å². The number of rotatable bonds is 5. The van der Waals surface area contributed by atoms with Gasteiger partial charge in [0.25, 0.3) is 0 Å². The lowest BCUT2D eigenvalue weighted by Gasteiger charge is -2.45. The highest BCUT2D eigenvalue weighted by Gasteiger charge is 2.49. The smallest absolute Gasteiger partial charge is 0.186 e. The van der Waals surface area contributed by atoms with Gasteiger partial charge in [-0.25, -0.2) is 0 Å². The first-order valence-corrected chi connectivity index (χ1v) is 7.81. The van der Waals surface area contributed by atoms with Crippen molar-refractivity contribution in [2.45, 2.75) is 61.5 Å². The molecular formula is C14H26O10. The quantitative estimate of drug-likeness (QED) is 0.258. The highest BCUT2D eigenvalue weighted by molar-refractivity contribution is 4.96. The van der Waals surface area contributed by atoms with Crippen LogP contribution in [0.1, 0.15) is 6.42 Å². The molecule has 142 valence electrons. The van der Waals surface area contributed by atoms with Crippen LogP contribution >= 0.6 is 0 Å². The number of aliphatic hydroxyl groups excluding tert-OH is 7. The van der Waals surface area contributed by atoms with E-state index in [1.165, 1.54) is 7.11 Å². The normalized spacial score (nSPS) is 50.0. The fourth-order valence-electron chi connectivity index (χ4n) is 3.29. The molecule has 2 rings (SSSR count). The van der Waals surface area contributed by atoms with Gasteiger partial charge in [0, 0.05) is 13.0 Å². The van der Waals surface area contributed by atoms with E-state index in [0.29, 0.717) is 0 Å². The minimum absolute atomic E-state index is 0.0820. The van der Waals surface area contributed by atoms with E-state index < -0.39 is 74.3 Å². The van der Waals surface area contributed by atoms with Gasteiger partial charge in [-0.15, -0.1) is 0 Å². The maximum absolute atomic E-state index is 10.3. The molecule has 0 aliphatic carbocycles. The van der Waals surface area contributed by atoms with Crippen LogP contribution in [0.4, 0.5) is 0 Å². The summed E-state index contributed by atoms with van der Waals surface area (Å²) >= 11 is 0. The van der Waals surface area contributed by atoms with Crippen molar-refractivity contribution >= 4 is 0 Å². The third kappa shape index (κ3) is 3.73. The fourth-order valence-corrected chi connectivity index (χ4v) is 3.29. The molecule has 0 aromatic carbocycles. The molecule has 0 radical (unpaired) electrons. The zero-order valence-corrected chi connectivity index (χ0v) is 13.3. The van der Waals surface area contributed by atoms with Crippen LogP contribution in [-0.4, -0.2) is 111 Å². The van der Waals surface area contributed by atoms with Crippen molar-refractivity contribution in [3.63, 3.8) is 0 Å². The Kier molecular flexibility index (Phi) is 6.90. The van der Waals surface area contributed by atoms with Crippen molar-refractivity contribution in [1.82, 2.24) is 0 Å². The molecule has 24 heavy (non-hydrogen) atoms. The van der Waals surface area contributed by atoms with E-state index in [-0.39, 0.29) is 6.42 Å². The highest BCUT2D eigenvalue weighted by atomic mass is 16.7. The molecule has 0 saturated carbocycles.